The van der Waals surface area contributed by atoms with Crippen molar-refractivity contribution in [1.29, 1.82) is 0 Å². The lowest BCUT2D eigenvalue weighted by Crippen LogP contribution is -1.91. The largest absolute Gasteiger partial charge is 0.436 e. The summed E-state index contributed by atoms with van der Waals surface area (Å²) < 4.78 is 5.74. The molecule has 3 aromatic heterocycles. The van der Waals surface area contributed by atoms with Crippen molar-refractivity contribution in [2.75, 3.05) is 0 Å². The van der Waals surface area contributed by atoms with E-state index in [1.807, 2.05) is 6.07 Å². The van der Waals surface area contributed by atoms with Gasteiger partial charge in [0, 0.05) is 17.1 Å². The van der Waals surface area contributed by atoms with Crippen LogP contribution in [0.1, 0.15) is 11.8 Å². The van der Waals surface area contributed by atoms with Gasteiger partial charge in [0.15, 0.2) is 0 Å². The minimum atomic E-state index is 0.159. The number of hydrogen-bond donors (Lipinski definition) is 0. The molecule has 102 valence electrons. The van der Waals surface area contributed by atoms with Crippen molar-refractivity contribution in [3.05, 3.63) is 39.7 Å². The summed E-state index contributed by atoms with van der Waals surface area (Å²) in [4.78, 5) is 14.3. The van der Waals surface area contributed by atoms with Gasteiger partial charge in [-0.05, 0) is 24.1 Å². The molecule has 0 spiro atoms. The molecule has 0 aliphatic carbocycles. The fourth-order valence-corrected chi connectivity index (χ4v) is 3.07. The summed E-state index contributed by atoms with van der Waals surface area (Å²) in [5, 5.41) is 1.50. The molecule has 0 fully saturated rings. The molecule has 3 rings (SSSR count). The van der Waals surface area contributed by atoms with Crippen LogP contribution in [-0.4, -0.2) is 15.0 Å². The summed E-state index contributed by atoms with van der Waals surface area (Å²) in [6.07, 6.45) is 4.04. The summed E-state index contributed by atoms with van der Waals surface area (Å²) in [5.41, 5.74) is 0. The normalized spacial score (nSPS) is 10.9. The molecule has 7 heteroatoms. The fourth-order valence-electron chi connectivity index (χ4n) is 1.73. The van der Waals surface area contributed by atoms with Crippen LogP contribution in [0.25, 0.3) is 10.2 Å². The van der Waals surface area contributed by atoms with Crippen LogP contribution >= 0.6 is 34.5 Å². The van der Waals surface area contributed by atoms with E-state index in [1.165, 1.54) is 11.1 Å². The van der Waals surface area contributed by atoms with Gasteiger partial charge in [0.05, 0.1) is 16.6 Å². The molecule has 20 heavy (non-hydrogen) atoms. The summed E-state index contributed by atoms with van der Waals surface area (Å²) >= 11 is 13.4. The van der Waals surface area contributed by atoms with Crippen molar-refractivity contribution in [3.8, 4) is 11.6 Å². The predicted molar refractivity (Wildman–Crippen MR) is 81.1 cm³/mol. The van der Waals surface area contributed by atoms with E-state index in [-0.39, 0.29) is 5.28 Å². The lowest BCUT2D eigenvalue weighted by molar-refractivity contribution is 0.466. The van der Waals surface area contributed by atoms with Crippen LogP contribution in [0.3, 0.4) is 0 Å². The zero-order chi connectivity index (χ0) is 14.1. The maximum atomic E-state index is 5.94. The van der Waals surface area contributed by atoms with Gasteiger partial charge in [-0.1, -0.05) is 18.5 Å². The molecule has 4 nitrogen and oxygen atoms in total. The molecule has 0 N–H and O–H groups in total. The third kappa shape index (κ3) is 2.70. The molecule has 0 radical (unpaired) electrons. The number of hydrogen-bond acceptors (Lipinski definition) is 5. The number of nitrogens with zero attached hydrogens (tertiary/aromatic N) is 3. The Hall–Kier alpha value is -1.43. The van der Waals surface area contributed by atoms with Crippen LogP contribution in [0, 0.1) is 0 Å². The third-order valence-corrected chi connectivity index (χ3v) is 4.17. The van der Waals surface area contributed by atoms with Gasteiger partial charge in [-0.25, -0.2) is 4.98 Å². The van der Waals surface area contributed by atoms with E-state index in [1.54, 1.807) is 23.6 Å². The molecule has 0 saturated carbocycles. The van der Waals surface area contributed by atoms with Crippen LogP contribution in [-0.2, 0) is 6.42 Å². The minimum absolute atomic E-state index is 0.159. The fraction of sp³-hybridized carbons (Fsp3) is 0.154. The standard InChI is InChI=1S/C13H9Cl2N3OS/c1-2-9-4-10-11(17-13(15)18-12(10)20-9)19-8-3-7(14)5-16-6-8/h3-6H,2H2,1H3. The SMILES string of the molecule is CCc1cc2c(Oc3cncc(Cl)c3)nc(Cl)nc2s1. The molecular formula is C13H9Cl2N3OS. The number of aryl methyl sites for hydroxylation is 1. The maximum Gasteiger partial charge on any atom is 0.232 e. The number of halogens is 2. The Bertz CT molecular complexity index is 775. The van der Waals surface area contributed by atoms with E-state index in [0.29, 0.717) is 16.7 Å². The van der Waals surface area contributed by atoms with E-state index >= 15 is 0 Å². The Labute approximate surface area is 129 Å². The molecular weight excluding hydrogens is 317 g/mol. The Morgan fingerprint density at radius 3 is 2.80 bits per heavy atom. The number of aromatic nitrogens is 3. The Morgan fingerprint density at radius 2 is 2.05 bits per heavy atom. The zero-order valence-corrected chi connectivity index (χ0v) is 12.8. The first-order chi connectivity index (χ1) is 9.65. The highest BCUT2D eigenvalue weighted by Gasteiger charge is 2.12. The van der Waals surface area contributed by atoms with Gasteiger partial charge in [-0.3, -0.25) is 4.98 Å². The minimum Gasteiger partial charge on any atom is -0.436 e. The van der Waals surface area contributed by atoms with E-state index in [4.69, 9.17) is 27.9 Å². The van der Waals surface area contributed by atoms with Gasteiger partial charge in [-0.2, -0.15) is 4.98 Å². The number of pyridine rings is 1. The van der Waals surface area contributed by atoms with Crippen molar-refractivity contribution in [2.45, 2.75) is 13.3 Å². The Kier molecular flexibility index (Phi) is 3.74. The molecule has 0 aliphatic heterocycles. The molecule has 0 atom stereocenters. The molecule has 0 unspecified atom stereocenters. The van der Waals surface area contributed by atoms with E-state index < -0.39 is 0 Å². The van der Waals surface area contributed by atoms with Crippen molar-refractivity contribution in [2.24, 2.45) is 0 Å². The van der Waals surface area contributed by atoms with Crippen LogP contribution < -0.4 is 4.74 Å². The van der Waals surface area contributed by atoms with Crippen LogP contribution in [0.4, 0.5) is 0 Å². The molecule has 0 aliphatic rings. The quantitative estimate of drug-likeness (QED) is 0.652. The van der Waals surface area contributed by atoms with Gasteiger partial charge in [-0.15, -0.1) is 11.3 Å². The summed E-state index contributed by atoms with van der Waals surface area (Å²) in [6, 6.07) is 3.69. The molecule has 0 amide bonds. The lowest BCUT2D eigenvalue weighted by atomic mass is 10.3. The number of rotatable bonds is 3. The van der Waals surface area contributed by atoms with E-state index in [9.17, 15) is 0 Å². The lowest BCUT2D eigenvalue weighted by Gasteiger charge is -2.05. The second-order valence-electron chi connectivity index (χ2n) is 4.02. The van der Waals surface area contributed by atoms with Gasteiger partial charge in [0.25, 0.3) is 0 Å². The predicted octanol–water partition coefficient (Wildman–Crippen LogP) is 4.75. The smallest absolute Gasteiger partial charge is 0.232 e. The van der Waals surface area contributed by atoms with E-state index in [0.717, 1.165) is 16.6 Å². The molecule has 3 heterocycles. The highest BCUT2D eigenvalue weighted by molar-refractivity contribution is 7.18. The molecule has 0 bridgehead atoms. The Morgan fingerprint density at radius 1 is 1.20 bits per heavy atom. The van der Waals surface area contributed by atoms with Crippen molar-refractivity contribution in [1.82, 2.24) is 15.0 Å². The second-order valence-corrected chi connectivity index (χ2v) is 5.91. The van der Waals surface area contributed by atoms with Crippen LogP contribution in [0.15, 0.2) is 24.5 Å². The van der Waals surface area contributed by atoms with Gasteiger partial charge < -0.3 is 4.74 Å². The second kappa shape index (κ2) is 5.52. The van der Waals surface area contributed by atoms with Crippen molar-refractivity contribution in [3.63, 3.8) is 0 Å². The van der Waals surface area contributed by atoms with Gasteiger partial charge >= 0.3 is 0 Å². The average Bonchev–Trinajstić information content (AvgIpc) is 2.82. The van der Waals surface area contributed by atoms with Crippen molar-refractivity contribution < 1.29 is 4.74 Å². The first-order valence-corrected chi connectivity index (χ1v) is 7.47. The summed E-state index contributed by atoms with van der Waals surface area (Å²) in [6.45, 7) is 2.08. The topological polar surface area (TPSA) is 47.9 Å². The molecule has 0 aromatic carbocycles. The first kappa shape index (κ1) is 13.5. The molecule has 3 aromatic rings. The van der Waals surface area contributed by atoms with Crippen LogP contribution in [0.5, 0.6) is 11.6 Å². The maximum absolute atomic E-state index is 5.94. The summed E-state index contributed by atoms with van der Waals surface area (Å²) in [7, 11) is 0. The summed E-state index contributed by atoms with van der Waals surface area (Å²) in [5.74, 6) is 0.929. The third-order valence-electron chi connectivity index (χ3n) is 2.62. The van der Waals surface area contributed by atoms with Gasteiger partial charge in [0.1, 0.15) is 10.6 Å². The van der Waals surface area contributed by atoms with E-state index in [2.05, 4.69) is 21.9 Å². The average molecular weight is 326 g/mol. The molecule has 0 saturated heterocycles. The number of fused-ring (bicyclic) bond motifs is 1. The first-order valence-electron chi connectivity index (χ1n) is 5.90. The Balaban J connectivity index is 2.08. The van der Waals surface area contributed by atoms with Crippen LogP contribution in [0.2, 0.25) is 10.3 Å². The zero-order valence-electron chi connectivity index (χ0n) is 10.4. The highest BCUT2D eigenvalue weighted by atomic mass is 35.5. The number of ether oxygens (including phenoxy) is 1. The van der Waals surface area contributed by atoms with Crippen molar-refractivity contribution >= 4 is 44.8 Å². The highest BCUT2D eigenvalue weighted by Crippen LogP contribution is 2.34. The number of thiophene rings is 1. The monoisotopic (exact) mass is 325 g/mol. The van der Waals surface area contributed by atoms with Gasteiger partial charge in [0.2, 0.25) is 11.2 Å².